The van der Waals surface area contributed by atoms with Crippen molar-refractivity contribution in [1.29, 1.82) is 0 Å². The number of thiazole rings is 1. The number of ether oxygens (including phenoxy) is 1. The lowest BCUT2D eigenvalue weighted by molar-refractivity contribution is -0.384. The maximum absolute atomic E-state index is 11.2. The Bertz CT molecular complexity index is 628. The monoisotopic (exact) mass is 307 g/mol. The number of para-hydroxylation sites is 1. The summed E-state index contributed by atoms with van der Waals surface area (Å²) in [5.41, 5.74) is 1.45. The predicted molar refractivity (Wildman–Crippen MR) is 83.3 cm³/mol. The topological polar surface area (TPSA) is 77.3 Å². The number of hydrogen-bond donors (Lipinski definition) is 1. The predicted octanol–water partition coefficient (Wildman–Crippen LogP) is 3.41. The third-order valence-corrected chi connectivity index (χ3v) is 3.83. The van der Waals surface area contributed by atoms with Crippen LogP contribution < -0.4 is 10.1 Å². The highest BCUT2D eigenvalue weighted by atomic mass is 32.1. The zero-order chi connectivity index (χ0) is 15.2. The summed E-state index contributed by atoms with van der Waals surface area (Å²) in [4.78, 5) is 15.2. The summed E-state index contributed by atoms with van der Waals surface area (Å²) >= 11 is 1.60. The van der Waals surface area contributed by atoms with Gasteiger partial charge in [0.15, 0.2) is 5.75 Å². The number of nitro groups is 1. The van der Waals surface area contributed by atoms with Gasteiger partial charge in [0.1, 0.15) is 5.69 Å². The molecular weight excluding hydrogens is 290 g/mol. The van der Waals surface area contributed by atoms with Crippen LogP contribution in [0.1, 0.15) is 17.6 Å². The lowest BCUT2D eigenvalue weighted by Gasteiger charge is -2.09. The van der Waals surface area contributed by atoms with Gasteiger partial charge in [0.25, 0.3) is 0 Å². The summed E-state index contributed by atoms with van der Waals surface area (Å²) in [5.74, 6) is 0.289. The number of nitro benzene ring substituents is 1. The summed E-state index contributed by atoms with van der Waals surface area (Å²) in [6.07, 6.45) is 0.731. The molecule has 0 saturated carbocycles. The summed E-state index contributed by atoms with van der Waals surface area (Å²) in [7, 11) is 0. The van der Waals surface area contributed by atoms with Crippen molar-refractivity contribution in [2.75, 3.05) is 18.5 Å². The highest BCUT2D eigenvalue weighted by Crippen LogP contribution is 2.34. The first-order chi connectivity index (χ1) is 10.1. The molecule has 0 aliphatic carbocycles. The van der Waals surface area contributed by atoms with Gasteiger partial charge in [0.2, 0.25) is 0 Å². The molecule has 0 atom stereocenters. The largest absolute Gasteiger partial charge is 0.487 e. The lowest BCUT2D eigenvalue weighted by atomic mass is 10.2. The van der Waals surface area contributed by atoms with Crippen molar-refractivity contribution in [1.82, 2.24) is 4.98 Å². The second kappa shape index (κ2) is 7.03. The molecule has 0 radical (unpaired) electrons. The highest BCUT2D eigenvalue weighted by molar-refractivity contribution is 7.09. The molecule has 1 N–H and O–H groups in total. The van der Waals surface area contributed by atoms with E-state index in [1.165, 1.54) is 0 Å². The molecule has 7 heteroatoms. The Morgan fingerprint density at radius 2 is 2.29 bits per heavy atom. The molecule has 0 unspecified atom stereocenters. The van der Waals surface area contributed by atoms with Crippen molar-refractivity contribution < 1.29 is 9.66 Å². The number of anilines is 1. The van der Waals surface area contributed by atoms with Crippen LogP contribution in [0.3, 0.4) is 0 Å². The third-order valence-electron chi connectivity index (χ3n) is 2.80. The van der Waals surface area contributed by atoms with Crippen LogP contribution in [-0.2, 0) is 6.42 Å². The van der Waals surface area contributed by atoms with Crippen molar-refractivity contribution in [2.45, 2.75) is 20.3 Å². The minimum absolute atomic E-state index is 0.0188. The van der Waals surface area contributed by atoms with Crippen molar-refractivity contribution in [3.63, 3.8) is 0 Å². The van der Waals surface area contributed by atoms with Crippen LogP contribution in [-0.4, -0.2) is 23.1 Å². The molecule has 2 aromatic rings. The van der Waals surface area contributed by atoms with Gasteiger partial charge in [-0.05, 0) is 26.0 Å². The summed E-state index contributed by atoms with van der Waals surface area (Å²) in [6.45, 7) is 4.73. The van der Waals surface area contributed by atoms with Gasteiger partial charge in [-0.15, -0.1) is 11.3 Å². The maximum atomic E-state index is 11.2. The fourth-order valence-corrected chi connectivity index (χ4v) is 2.72. The number of nitrogens with zero attached hydrogens (tertiary/aromatic N) is 2. The Kier molecular flexibility index (Phi) is 5.10. The first kappa shape index (κ1) is 15.2. The number of aromatic nitrogens is 1. The Balaban J connectivity index is 2.08. The van der Waals surface area contributed by atoms with E-state index in [1.54, 1.807) is 36.5 Å². The first-order valence-electron chi connectivity index (χ1n) is 6.67. The molecule has 1 heterocycles. The molecule has 0 spiro atoms. The van der Waals surface area contributed by atoms with Crippen LogP contribution in [0.4, 0.5) is 11.4 Å². The first-order valence-corrected chi connectivity index (χ1v) is 7.55. The Labute approximate surface area is 126 Å². The smallest absolute Gasteiger partial charge is 0.333 e. The van der Waals surface area contributed by atoms with E-state index in [2.05, 4.69) is 10.3 Å². The van der Waals surface area contributed by atoms with Crippen LogP contribution in [0.5, 0.6) is 5.75 Å². The van der Waals surface area contributed by atoms with Crippen molar-refractivity contribution >= 4 is 22.7 Å². The average molecular weight is 307 g/mol. The van der Waals surface area contributed by atoms with Gasteiger partial charge < -0.3 is 10.1 Å². The van der Waals surface area contributed by atoms with Gasteiger partial charge in [-0.1, -0.05) is 6.07 Å². The molecule has 112 valence electrons. The number of nitrogens with one attached hydrogen (secondary N) is 1. The minimum atomic E-state index is -0.416. The highest BCUT2D eigenvalue weighted by Gasteiger charge is 2.20. The van der Waals surface area contributed by atoms with Gasteiger partial charge in [0.05, 0.1) is 16.5 Å². The fourth-order valence-electron chi connectivity index (χ4n) is 1.95. The Hall–Kier alpha value is -2.15. The van der Waals surface area contributed by atoms with Crippen molar-refractivity contribution in [3.8, 4) is 5.75 Å². The van der Waals surface area contributed by atoms with E-state index in [-0.39, 0.29) is 11.4 Å². The summed E-state index contributed by atoms with van der Waals surface area (Å²) in [6, 6.07) is 5.04. The summed E-state index contributed by atoms with van der Waals surface area (Å²) < 4.78 is 5.31. The summed E-state index contributed by atoms with van der Waals surface area (Å²) in [5, 5.41) is 17.3. The van der Waals surface area contributed by atoms with Gasteiger partial charge >= 0.3 is 5.69 Å². The van der Waals surface area contributed by atoms with Crippen molar-refractivity contribution in [3.05, 3.63) is 44.4 Å². The second-order valence-electron chi connectivity index (χ2n) is 4.40. The number of aryl methyl sites for hydroxylation is 1. The minimum Gasteiger partial charge on any atom is -0.487 e. The zero-order valence-electron chi connectivity index (χ0n) is 12.0. The normalized spacial score (nSPS) is 10.4. The molecule has 1 aromatic heterocycles. The van der Waals surface area contributed by atoms with E-state index in [9.17, 15) is 10.1 Å². The second-order valence-corrected chi connectivity index (χ2v) is 5.34. The lowest BCUT2D eigenvalue weighted by Crippen LogP contribution is -2.08. The SMILES string of the molecule is CCOc1cccc(NCCc2nc(C)cs2)c1[N+](=O)[O-]. The van der Waals surface area contributed by atoms with Gasteiger partial charge in [-0.3, -0.25) is 10.1 Å². The molecule has 0 aliphatic heterocycles. The van der Waals surface area contributed by atoms with Crippen molar-refractivity contribution in [2.24, 2.45) is 0 Å². The molecule has 6 nitrogen and oxygen atoms in total. The van der Waals surface area contributed by atoms with E-state index in [0.717, 1.165) is 17.1 Å². The zero-order valence-corrected chi connectivity index (χ0v) is 12.8. The molecule has 0 amide bonds. The third kappa shape index (κ3) is 3.91. The molecule has 2 rings (SSSR count). The molecule has 1 aromatic carbocycles. The number of hydrogen-bond acceptors (Lipinski definition) is 6. The van der Waals surface area contributed by atoms with Crippen LogP contribution in [0, 0.1) is 17.0 Å². The maximum Gasteiger partial charge on any atom is 0.333 e. The van der Waals surface area contributed by atoms with Crippen LogP contribution in [0.2, 0.25) is 0 Å². The molecule has 0 bridgehead atoms. The molecule has 21 heavy (non-hydrogen) atoms. The number of rotatable bonds is 7. The van der Waals surface area contributed by atoms with E-state index >= 15 is 0 Å². The average Bonchev–Trinajstić information content (AvgIpc) is 2.85. The number of benzene rings is 1. The standard InChI is InChI=1S/C14H17N3O3S/c1-3-20-12-6-4-5-11(14(12)17(18)19)15-8-7-13-16-10(2)9-21-13/h4-6,9,15H,3,7-8H2,1-2H3. The quantitative estimate of drug-likeness (QED) is 0.626. The van der Waals surface area contributed by atoms with E-state index in [1.807, 2.05) is 12.3 Å². The van der Waals surface area contributed by atoms with E-state index in [0.29, 0.717) is 18.8 Å². The molecule has 0 saturated heterocycles. The van der Waals surface area contributed by atoms with Gasteiger partial charge in [-0.25, -0.2) is 4.98 Å². The fraction of sp³-hybridized carbons (Fsp3) is 0.357. The molecule has 0 aliphatic rings. The Morgan fingerprint density at radius 1 is 1.48 bits per heavy atom. The molecule has 0 fully saturated rings. The van der Waals surface area contributed by atoms with Gasteiger partial charge in [0, 0.05) is 24.0 Å². The van der Waals surface area contributed by atoms with Crippen LogP contribution in [0.25, 0.3) is 0 Å². The Morgan fingerprint density at radius 3 is 2.90 bits per heavy atom. The van der Waals surface area contributed by atoms with E-state index < -0.39 is 4.92 Å². The van der Waals surface area contributed by atoms with E-state index in [4.69, 9.17) is 4.74 Å². The molecular formula is C14H17N3O3S. The van der Waals surface area contributed by atoms with Gasteiger partial charge in [-0.2, -0.15) is 0 Å². The van der Waals surface area contributed by atoms with Crippen LogP contribution in [0.15, 0.2) is 23.6 Å². The van der Waals surface area contributed by atoms with Crippen LogP contribution >= 0.6 is 11.3 Å².